The van der Waals surface area contributed by atoms with E-state index in [1.165, 1.54) is 0 Å². The highest BCUT2D eigenvalue weighted by atomic mass is 35.5. The molecular weight excluding hydrogens is 316 g/mol. The molecule has 0 saturated carbocycles. The van der Waals surface area contributed by atoms with Crippen molar-refractivity contribution in [3.63, 3.8) is 0 Å². The molecule has 1 aromatic rings. The normalized spacial score (nSPS) is 17.4. The lowest BCUT2D eigenvalue weighted by Crippen LogP contribution is -2.47. The van der Waals surface area contributed by atoms with Crippen LogP contribution in [0.2, 0.25) is 5.02 Å². The van der Waals surface area contributed by atoms with Crippen LogP contribution < -0.4 is 5.32 Å². The second-order valence-corrected chi connectivity index (χ2v) is 7.09. The first-order valence-corrected chi connectivity index (χ1v) is 8.51. The Bertz CT molecular complexity index is 510. The molecule has 2 heterocycles. The van der Waals surface area contributed by atoms with E-state index in [1.54, 1.807) is 24.2 Å². The quantitative estimate of drug-likeness (QED) is 0.820. The molecule has 0 aliphatic carbocycles. The van der Waals surface area contributed by atoms with Gasteiger partial charge in [-0.05, 0) is 45.7 Å². The summed E-state index contributed by atoms with van der Waals surface area (Å²) in [5.41, 5.74) is -0.744. The maximum atomic E-state index is 12.5. The molecule has 1 N–H and O–H groups in total. The molecule has 1 aromatic heterocycles. The Kier molecular flexibility index (Phi) is 6.44. The van der Waals surface area contributed by atoms with E-state index in [4.69, 9.17) is 16.3 Å². The lowest BCUT2D eigenvalue weighted by atomic mass is 9.96. The van der Waals surface area contributed by atoms with Gasteiger partial charge in [-0.1, -0.05) is 11.6 Å². The number of rotatable bonds is 7. The summed E-state index contributed by atoms with van der Waals surface area (Å²) in [6.07, 6.45) is 5.44. The minimum Gasteiger partial charge on any atom is -0.383 e. The Morgan fingerprint density at radius 2 is 2.17 bits per heavy atom. The number of nitrogens with one attached hydrogen (secondary N) is 1. The predicted octanol–water partition coefficient (Wildman–Crippen LogP) is 1.75. The summed E-state index contributed by atoms with van der Waals surface area (Å²) in [7, 11) is 1.73. The van der Waals surface area contributed by atoms with E-state index in [-0.39, 0.29) is 5.91 Å². The third-order valence-electron chi connectivity index (χ3n) is 4.55. The van der Waals surface area contributed by atoms with Gasteiger partial charge in [0, 0.05) is 26.4 Å². The number of carbonyl (C=O) groups excluding carboxylic acids is 1. The molecule has 7 heteroatoms. The number of ether oxygens (including phenoxy) is 1. The lowest BCUT2D eigenvalue weighted by Gasteiger charge is -2.32. The SMILES string of the molecule is COCCN1CCC(CNC(=O)C(C)(C)n2cc(Cl)cn2)CC1. The van der Waals surface area contributed by atoms with Crippen molar-refractivity contribution in [2.24, 2.45) is 5.92 Å². The van der Waals surface area contributed by atoms with Crippen LogP contribution in [0.4, 0.5) is 0 Å². The Balaban J connectivity index is 1.77. The highest BCUT2D eigenvalue weighted by Crippen LogP contribution is 2.19. The predicted molar refractivity (Wildman–Crippen MR) is 90.6 cm³/mol. The summed E-state index contributed by atoms with van der Waals surface area (Å²) < 4.78 is 6.72. The van der Waals surface area contributed by atoms with Crippen LogP contribution in [0.3, 0.4) is 0 Å². The third kappa shape index (κ3) is 4.93. The molecule has 1 aliphatic heterocycles. The maximum Gasteiger partial charge on any atom is 0.247 e. The monoisotopic (exact) mass is 342 g/mol. The fourth-order valence-electron chi connectivity index (χ4n) is 2.80. The molecule has 0 aromatic carbocycles. The highest BCUT2D eigenvalue weighted by molar-refractivity contribution is 6.30. The fraction of sp³-hybridized carbons (Fsp3) is 0.750. The van der Waals surface area contributed by atoms with Gasteiger partial charge >= 0.3 is 0 Å². The van der Waals surface area contributed by atoms with Gasteiger partial charge in [-0.2, -0.15) is 5.10 Å². The van der Waals surface area contributed by atoms with Crippen molar-refractivity contribution in [1.82, 2.24) is 20.0 Å². The summed E-state index contributed by atoms with van der Waals surface area (Å²) in [5.74, 6) is 0.508. The van der Waals surface area contributed by atoms with Crippen LogP contribution in [0.1, 0.15) is 26.7 Å². The van der Waals surface area contributed by atoms with E-state index < -0.39 is 5.54 Å². The van der Waals surface area contributed by atoms with Gasteiger partial charge in [-0.25, -0.2) is 0 Å². The summed E-state index contributed by atoms with van der Waals surface area (Å²) in [4.78, 5) is 14.9. The average Bonchev–Trinajstić information content (AvgIpc) is 2.98. The highest BCUT2D eigenvalue weighted by Gasteiger charge is 2.31. The van der Waals surface area contributed by atoms with E-state index in [2.05, 4.69) is 15.3 Å². The number of methoxy groups -OCH3 is 1. The van der Waals surface area contributed by atoms with Crippen molar-refractivity contribution < 1.29 is 9.53 Å². The van der Waals surface area contributed by atoms with Crippen molar-refractivity contribution in [3.8, 4) is 0 Å². The molecule has 1 fully saturated rings. The molecule has 0 spiro atoms. The van der Waals surface area contributed by atoms with Gasteiger partial charge < -0.3 is 15.0 Å². The zero-order valence-corrected chi connectivity index (χ0v) is 15.0. The van der Waals surface area contributed by atoms with Gasteiger partial charge in [0.05, 0.1) is 17.8 Å². The van der Waals surface area contributed by atoms with Crippen LogP contribution in [-0.4, -0.2) is 60.5 Å². The lowest BCUT2D eigenvalue weighted by molar-refractivity contribution is -0.129. The standard InChI is InChI=1S/C16H27ClN4O2/c1-16(2,21-12-14(17)11-19-21)15(22)18-10-13-4-6-20(7-5-13)8-9-23-3/h11-13H,4-10H2,1-3H3,(H,18,22). The Hall–Kier alpha value is -1.11. The molecule has 0 radical (unpaired) electrons. The van der Waals surface area contributed by atoms with Gasteiger partial charge in [0.25, 0.3) is 0 Å². The van der Waals surface area contributed by atoms with Crippen LogP contribution in [0.25, 0.3) is 0 Å². The number of hydrogen-bond acceptors (Lipinski definition) is 4. The van der Waals surface area contributed by atoms with E-state index in [1.807, 2.05) is 13.8 Å². The smallest absolute Gasteiger partial charge is 0.247 e. The number of carbonyl (C=O) groups is 1. The van der Waals surface area contributed by atoms with Crippen molar-refractivity contribution in [3.05, 3.63) is 17.4 Å². The second kappa shape index (κ2) is 8.13. The zero-order chi connectivity index (χ0) is 16.9. The molecular formula is C16H27ClN4O2. The molecule has 0 bridgehead atoms. The topological polar surface area (TPSA) is 59.4 Å². The van der Waals surface area contributed by atoms with E-state index in [0.29, 0.717) is 10.9 Å². The number of piperidine rings is 1. The second-order valence-electron chi connectivity index (χ2n) is 6.65. The Morgan fingerprint density at radius 3 is 2.74 bits per heavy atom. The number of likely N-dealkylation sites (tertiary alicyclic amines) is 1. The van der Waals surface area contributed by atoms with Gasteiger partial charge in [0.2, 0.25) is 5.91 Å². The first kappa shape index (κ1) is 18.2. The van der Waals surface area contributed by atoms with Crippen LogP contribution in [-0.2, 0) is 15.1 Å². The minimum absolute atomic E-state index is 0.0286. The maximum absolute atomic E-state index is 12.5. The van der Waals surface area contributed by atoms with E-state index in [9.17, 15) is 4.79 Å². The zero-order valence-electron chi connectivity index (χ0n) is 14.2. The minimum atomic E-state index is -0.744. The molecule has 23 heavy (non-hydrogen) atoms. The molecule has 130 valence electrons. The van der Waals surface area contributed by atoms with Crippen LogP contribution in [0.5, 0.6) is 0 Å². The van der Waals surface area contributed by atoms with Gasteiger partial charge in [0.15, 0.2) is 0 Å². The number of amides is 1. The van der Waals surface area contributed by atoms with Gasteiger partial charge in [-0.3, -0.25) is 9.48 Å². The Morgan fingerprint density at radius 1 is 1.48 bits per heavy atom. The molecule has 1 amide bonds. The molecule has 1 saturated heterocycles. The largest absolute Gasteiger partial charge is 0.383 e. The number of nitrogens with zero attached hydrogens (tertiary/aromatic N) is 3. The van der Waals surface area contributed by atoms with Crippen molar-refractivity contribution in [1.29, 1.82) is 0 Å². The average molecular weight is 343 g/mol. The number of aromatic nitrogens is 2. The third-order valence-corrected chi connectivity index (χ3v) is 4.74. The van der Waals surface area contributed by atoms with E-state index >= 15 is 0 Å². The number of halogens is 1. The fourth-order valence-corrected chi connectivity index (χ4v) is 2.93. The van der Waals surface area contributed by atoms with E-state index in [0.717, 1.165) is 45.6 Å². The number of hydrogen-bond donors (Lipinski definition) is 1. The van der Waals surface area contributed by atoms with Crippen molar-refractivity contribution in [2.75, 3.05) is 39.9 Å². The van der Waals surface area contributed by atoms with Crippen LogP contribution in [0, 0.1) is 5.92 Å². The molecule has 1 aliphatic rings. The molecule has 6 nitrogen and oxygen atoms in total. The van der Waals surface area contributed by atoms with Crippen LogP contribution in [0.15, 0.2) is 12.4 Å². The molecule has 2 rings (SSSR count). The summed E-state index contributed by atoms with van der Waals surface area (Å²) >= 11 is 5.89. The first-order valence-electron chi connectivity index (χ1n) is 8.13. The summed E-state index contributed by atoms with van der Waals surface area (Å²) in [5, 5.41) is 7.76. The van der Waals surface area contributed by atoms with Gasteiger partial charge in [0.1, 0.15) is 5.54 Å². The summed E-state index contributed by atoms with van der Waals surface area (Å²) in [6.45, 7) is 8.32. The van der Waals surface area contributed by atoms with Crippen LogP contribution >= 0.6 is 11.6 Å². The summed E-state index contributed by atoms with van der Waals surface area (Å²) in [6, 6.07) is 0. The van der Waals surface area contributed by atoms with Gasteiger partial charge in [-0.15, -0.1) is 0 Å². The molecule has 0 atom stereocenters. The van der Waals surface area contributed by atoms with Crippen molar-refractivity contribution in [2.45, 2.75) is 32.2 Å². The Labute approximate surface area is 143 Å². The van der Waals surface area contributed by atoms with Crippen molar-refractivity contribution >= 4 is 17.5 Å². The molecule has 0 unspecified atom stereocenters. The first-order chi connectivity index (χ1) is 10.9.